The Balaban J connectivity index is 2.42. The maximum absolute atomic E-state index is 5.76. The van der Waals surface area contributed by atoms with Gasteiger partial charge in [0.25, 0.3) is 0 Å². The first-order chi connectivity index (χ1) is 9.63. The quantitative estimate of drug-likeness (QED) is 0.642. The molecule has 0 atom stereocenters. The molecule has 20 heavy (non-hydrogen) atoms. The van der Waals surface area contributed by atoms with Crippen molar-refractivity contribution >= 4 is 11.8 Å². The predicted octanol–water partition coefficient (Wildman–Crippen LogP) is 3.48. The molecule has 0 aliphatic rings. The summed E-state index contributed by atoms with van der Waals surface area (Å²) in [6.45, 7) is 8.20. The summed E-state index contributed by atoms with van der Waals surface area (Å²) in [7, 11) is 0. The number of hydrogen-bond acceptors (Lipinski definition) is 5. The van der Waals surface area contributed by atoms with Gasteiger partial charge in [-0.1, -0.05) is 33.6 Å². The van der Waals surface area contributed by atoms with Gasteiger partial charge in [-0.15, -0.1) is 0 Å². The van der Waals surface area contributed by atoms with Crippen LogP contribution in [0.15, 0.2) is 6.20 Å². The van der Waals surface area contributed by atoms with Crippen molar-refractivity contribution in [2.45, 2.75) is 52.9 Å². The van der Waals surface area contributed by atoms with Crippen LogP contribution in [0.5, 0.6) is 5.75 Å². The van der Waals surface area contributed by atoms with Crippen molar-refractivity contribution in [3.05, 3.63) is 6.20 Å². The van der Waals surface area contributed by atoms with Crippen LogP contribution in [0.3, 0.4) is 0 Å². The highest BCUT2D eigenvalue weighted by atomic mass is 16.5. The summed E-state index contributed by atoms with van der Waals surface area (Å²) in [4.78, 5) is 8.20. The maximum Gasteiger partial charge on any atom is 0.222 e. The second-order valence-electron chi connectivity index (χ2n) is 5.46. The van der Waals surface area contributed by atoms with Crippen molar-refractivity contribution in [3.63, 3.8) is 0 Å². The molecular weight excluding hydrogens is 252 g/mol. The summed E-state index contributed by atoms with van der Waals surface area (Å²) < 4.78 is 5.76. The first kappa shape index (κ1) is 16.5. The van der Waals surface area contributed by atoms with E-state index in [4.69, 9.17) is 10.5 Å². The zero-order chi connectivity index (χ0) is 14.8. The van der Waals surface area contributed by atoms with Gasteiger partial charge >= 0.3 is 0 Å². The standard InChI is InChI=1S/C15H28N4O/c1-4-5-9-17-14-13(11-18-15(16)19-14)20-10-7-6-8-12(2)3/h11-12H,4-10H2,1-3H3,(H3,16,17,18,19). The highest BCUT2D eigenvalue weighted by Gasteiger charge is 2.06. The Hall–Kier alpha value is -1.52. The lowest BCUT2D eigenvalue weighted by atomic mass is 10.1. The molecule has 0 bridgehead atoms. The molecule has 0 unspecified atom stereocenters. The van der Waals surface area contributed by atoms with E-state index in [1.165, 1.54) is 12.8 Å². The van der Waals surface area contributed by atoms with Gasteiger partial charge in [0, 0.05) is 6.54 Å². The molecule has 1 aromatic rings. The van der Waals surface area contributed by atoms with E-state index in [1.807, 2.05) is 0 Å². The number of nitrogen functional groups attached to an aromatic ring is 1. The van der Waals surface area contributed by atoms with Crippen molar-refractivity contribution in [2.75, 3.05) is 24.2 Å². The van der Waals surface area contributed by atoms with E-state index in [1.54, 1.807) is 6.20 Å². The molecule has 0 aliphatic heterocycles. The number of nitrogens with one attached hydrogen (secondary N) is 1. The van der Waals surface area contributed by atoms with Crippen LogP contribution in [0, 0.1) is 5.92 Å². The van der Waals surface area contributed by atoms with Crippen LogP contribution in [0.4, 0.5) is 11.8 Å². The van der Waals surface area contributed by atoms with Crippen LogP contribution in [-0.2, 0) is 0 Å². The van der Waals surface area contributed by atoms with E-state index in [2.05, 4.69) is 36.1 Å². The van der Waals surface area contributed by atoms with Gasteiger partial charge < -0.3 is 15.8 Å². The minimum absolute atomic E-state index is 0.274. The van der Waals surface area contributed by atoms with E-state index in [0.717, 1.165) is 31.7 Å². The van der Waals surface area contributed by atoms with Crippen molar-refractivity contribution in [2.24, 2.45) is 5.92 Å². The average Bonchev–Trinajstić information content (AvgIpc) is 2.40. The van der Waals surface area contributed by atoms with Crippen LogP contribution in [-0.4, -0.2) is 23.1 Å². The van der Waals surface area contributed by atoms with Gasteiger partial charge in [0.05, 0.1) is 12.8 Å². The highest BCUT2D eigenvalue weighted by molar-refractivity contribution is 5.51. The number of nitrogens with zero attached hydrogens (tertiary/aromatic N) is 2. The Morgan fingerprint density at radius 1 is 1.30 bits per heavy atom. The van der Waals surface area contributed by atoms with Gasteiger partial charge in [0.2, 0.25) is 5.95 Å². The normalized spacial score (nSPS) is 10.8. The Morgan fingerprint density at radius 3 is 2.80 bits per heavy atom. The molecule has 0 saturated carbocycles. The van der Waals surface area contributed by atoms with Crippen LogP contribution >= 0.6 is 0 Å². The van der Waals surface area contributed by atoms with Crippen LogP contribution in [0.1, 0.15) is 52.9 Å². The Kier molecular flexibility index (Phi) is 7.77. The van der Waals surface area contributed by atoms with Gasteiger partial charge in [-0.2, -0.15) is 4.98 Å². The molecule has 0 radical (unpaired) electrons. The smallest absolute Gasteiger partial charge is 0.222 e. The zero-order valence-corrected chi connectivity index (χ0v) is 13.0. The fourth-order valence-electron chi connectivity index (χ4n) is 1.84. The Labute approximate surface area is 122 Å². The Bertz CT molecular complexity index is 382. The largest absolute Gasteiger partial charge is 0.488 e. The maximum atomic E-state index is 5.76. The SMILES string of the molecule is CCCCNc1nc(N)ncc1OCCCCC(C)C. The Morgan fingerprint density at radius 2 is 2.10 bits per heavy atom. The molecule has 0 spiro atoms. The van der Waals surface area contributed by atoms with Gasteiger partial charge in [-0.25, -0.2) is 4.98 Å². The van der Waals surface area contributed by atoms with Crippen molar-refractivity contribution in [3.8, 4) is 5.75 Å². The molecule has 0 aliphatic carbocycles. The number of nitrogens with two attached hydrogens (primary N) is 1. The molecule has 114 valence electrons. The highest BCUT2D eigenvalue weighted by Crippen LogP contribution is 2.22. The van der Waals surface area contributed by atoms with Gasteiger partial charge in [-0.05, 0) is 25.2 Å². The van der Waals surface area contributed by atoms with Crippen molar-refractivity contribution in [1.29, 1.82) is 0 Å². The van der Waals surface area contributed by atoms with E-state index < -0.39 is 0 Å². The van der Waals surface area contributed by atoms with Crippen molar-refractivity contribution < 1.29 is 4.74 Å². The van der Waals surface area contributed by atoms with Crippen LogP contribution in [0.2, 0.25) is 0 Å². The summed E-state index contributed by atoms with van der Waals surface area (Å²) in [5.41, 5.74) is 5.62. The number of hydrogen-bond donors (Lipinski definition) is 2. The fourth-order valence-corrected chi connectivity index (χ4v) is 1.84. The van der Waals surface area contributed by atoms with Crippen LogP contribution in [0.25, 0.3) is 0 Å². The first-order valence-corrected chi connectivity index (χ1v) is 7.62. The summed E-state index contributed by atoms with van der Waals surface area (Å²) in [5, 5.41) is 3.26. The van der Waals surface area contributed by atoms with Crippen LogP contribution < -0.4 is 15.8 Å². The van der Waals surface area contributed by atoms with Gasteiger partial charge in [-0.3, -0.25) is 0 Å². The second-order valence-corrected chi connectivity index (χ2v) is 5.46. The summed E-state index contributed by atoms with van der Waals surface area (Å²) in [6.07, 6.45) is 7.36. The first-order valence-electron chi connectivity index (χ1n) is 7.62. The summed E-state index contributed by atoms with van der Waals surface area (Å²) in [5.74, 6) is 2.42. The minimum Gasteiger partial charge on any atom is -0.488 e. The van der Waals surface area contributed by atoms with E-state index in [-0.39, 0.29) is 5.95 Å². The molecule has 1 rings (SSSR count). The lowest BCUT2D eigenvalue weighted by molar-refractivity contribution is 0.301. The third-order valence-corrected chi connectivity index (χ3v) is 3.03. The number of ether oxygens (including phenoxy) is 1. The third-order valence-electron chi connectivity index (χ3n) is 3.03. The average molecular weight is 280 g/mol. The molecule has 5 heteroatoms. The molecule has 0 saturated heterocycles. The fraction of sp³-hybridized carbons (Fsp3) is 0.733. The molecule has 1 heterocycles. The molecule has 5 nitrogen and oxygen atoms in total. The van der Waals surface area contributed by atoms with E-state index in [0.29, 0.717) is 18.2 Å². The molecular formula is C15H28N4O. The topological polar surface area (TPSA) is 73.1 Å². The lowest BCUT2D eigenvalue weighted by Crippen LogP contribution is -2.09. The molecule has 3 N–H and O–H groups in total. The number of aromatic nitrogens is 2. The van der Waals surface area contributed by atoms with E-state index >= 15 is 0 Å². The van der Waals surface area contributed by atoms with Gasteiger partial charge in [0.1, 0.15) is 0 Å². The molecule has 0 amide bonds. The monoisotopic (exact) mass is 280 g/mol. The predicted molar refractivity (Wildman–Crippen MR) is 84.0 cm³/mol. The number of anilines is 2. The molecule has 1 aromatic heterocycles. The van der Waals surface area contributed by atoms with Gasteiger partial charge in [0.15, 0.2) is 11.6 Å². The molecule has 0 aromatic carbocycles. The summed E-state index contributed by atoms with van der Waals surface area (Å²) in [6, 6.07) is 0. The molecule has 0 fully saturated rings. The lowest BCUT2D eigenvalue weighted by Gasteiger charge is -2.12. The van der Waals surface area contributed by atoms with E-state index in [9.17, 15) is 0 Å². The van der Waals surface area contributed by atoms with Crippen molar-refractivity contribution in [1.82, 2.24) is 9.97 Å². The zero-order valence-electron chi connectivity index (χ0n) is 13.0. The third kappa shape index (κ3) is 6.59. The summed E-state index contributed by atoms with van der Waals surface area (Å²) >= 11 is 0. The minimum atomic E-state index is 0.274. The number of unbranched alkanes of at least 4 members (excludes halogenated alkanes) is 2. The number of rotatable bonds is 10. The second kappa shape index (κ2) is 9.39.